The summed E-state index contributed by atoms with van der Waals surface area (Å²) in [5, 5.41) is 0. The third-order valence-corrected chi connectivity index (χ3v) is 6.30. The predicted octanol–water partition coefficient (Wildman–Crippen LogP) is 7.44. The Balaban J connectivity index is 1.73. The van der Waals surface area contributed by atoms with Gasteiger partial charge in [0.15, 0.2) is 0 Å². The minimum absolute atomic E-state index is 0.350. The fourth-order valence-electron chi connectivity index (χ4n) is 4.06. The van der Waals surface area contributed by atoms with Gasteiger partial charge in [0.1, 0.15) is 11.2 Å². The molecule has 0 fully saturated rings. The Morgan fingerprint density at radius 2 is 0.972 bits per heavy atom. The van der Waals surface area contributed by atoms with Gasteiger partial charge in [0.05, 0.1) is 11.8 Å². The van der Waals surface area contributed by atoms with E-state index in [9.17, 15) is 9.59 Å². The highest BCUT2D eigenvalue weighted by Gasteiger charge is 2.28. The summed E-state index contributed by atoms with van der Waals surface area (Å²) in [6.07, 6.45) is 4.34. The van der Waals surface area contributed by atoms with Crippen molar-refractivity contribution in [3.8, 4) is 0 Å². The van der Waals surface area contributed by atoms with Crippen LogP contribution in [-0.2, 0) is 29.1 Å². The van der Waals surface area contributed by atoms with E-state index < -0.39 is 11.2 Å². The molecule has 2 unspecified atom stereocenters. The second-order valence-corrected chi connectivity index (χ2v) is 10.4. The van der Waals surface area contributed by atoms with Crippen LogP contribution in [0.5, 0.6) is 0 Å². The van der Waals surface area contributed by atoms with Crippen LogP contribution in [0.15, 0.2) is 60.7 Å². The van der Waals surface area contributed by atoms with E-state index in [2.05, 4.69) is 0 Å². The van der Waals surface area contributed by atoms with Crippen LogP contribution in [-0.4, -0.2) is 23.1 Å². The van der Waals surface area contributed by atoms with Gasteiger partial charge in [-0.25, -0.2) is 9.59 Å². The highest BCUT2D eigenvalue weighted by atomic mass is 17.2. The fourth-order valence-corrected chi connectivity index (χ4v) is 4.06. The molecule has 2 aromatic rings. The van der Waals surface area contributed by atoms with Crippen molar-refractivity contribution in [2.45, 2.75) is 103 Å². The normalized spacial score (nSPS) is 13.6. The fraction of sp³-hybridized carbons (Fsp3) is 0.533. The lowest BCUT2D eigenvalue weighted by atomic mass is 9.96. The van der Waals surface area contributed by atoms with Crippen molar-refractivity contribution in [2.75, 3.05) is 0 Å². The molecule has 0 bridgehead atoms. The summed E-state index contributed by atoms with van der Waals surface area (Å²) in [6, 6.07) is 19.2. The summed E-state index contributed by atoms with van der Waals surface area (Å²) in [7, 11) is 0. The SMILES string of the molecule is CCC(C(=O)OOC(C)(C)CCCCC(C)(C)OOC(=O)C(CC)c1ccccc1)c1ccccc1. The lowest BCUT2D eigenvalue weighted by molar-refractivity contribution is -0.330. The molecular formula is C30H42O6. The van der Waals surface area contributed by atoms with Crippen LogP contribution >= 0.6 is 0 Å². The van der Waals surface area contributed by atoms with E-state index in [1.165, 1.54) is 0 Å². The molecule has 198 valence electrons. The van der Waals surface area contributed by atoms with Gasteiger partial charge in [-0.05, 0) is 64.5 Å². The summed E-state index contributed by atoms with van der Waals surface area (Å²) in [6.45, 7) is 11.5. The first-order chi connectivity index (χ1) is 17.1. The minimum Gasteiger partial charge on any atom is -0.297 e. The number of carbonyl (C=O) groups is 2. The van der Waals surface area contributed by atoms with Crippen LogP contribution < -0.4 is 0 Å². The zero-order chi connectivity index (χ0) is 26.6. The summed E-state index contributed by atoms with van der Waals surface area (Å²) < 4.78 is 0. The van der Waals surface area contributed by atoms with Gasteiger partial charge in [0.25, 0.3) is 0 Å². The zero-order valence-corrected chi connectivity index (χ0v) is 22.6. The molecule has 0 amide bonds. The molecule has 0 saturated carbocycles. The Bertz CT molecular complexity index is 845. The number of carbonyl (C=O) groups excluding carboxylic acids is 2. The Hall–Kier alpha value is -2.70. The Morgan fingerprint density at radius 3 is 1.28 bits per heavy atom. The van der Waals surface area contributed by atoms with E-state index in [1.54, 1.807) is 0 Å². The smallest absolute Gasteiger partial charge is 0.297 e. The van der Waals surface area contributed by atoms with Crippen molar-refractivity contribution in [1.82, 2.24) is 0 Å². The summed E-state index contributed by atoms with van der Waals surface area (Å²) in [5.41, 5.74) is 0.602. The average Bonchev–Trinajstić information content (AvgIpc) is 2.87. The van der Waals surface area contributed by atoms with E-state index >= 15 is 0 Å². The Morgan fingerprint density at radius 1 is 0.639 bits per heavy atom. The van der Waals surface area contributed by atoms with Gasteiger partial charge in [-0.3, -0.25) is 9.78 Å². The highest BCUT2D eigenvalue weighted by Crippen LogP contribution is 2.27. The standard InChI is InChI=1S/C30H42O6/c1-7-25(23-17-11-9-12-18-23)27(31)33-35-29(3,4)21-15-16-22-30(5,6)36-34-28(32)26(8-2)24-19-13-10-14-20-24/h9-14,17-20,25-26H,7-8,15-16,21-22H2,1-6H3. The van der Waals surface area contributed by atoms with Crippen LogP contribution in [0, 0.1) is 0 Å². The first-order valence-electron chi connectivity index (χ1n) is 13.0. The van der Waals surface area contributed by atoms with Gasteiger partial charge in [0.2, 0.25) is 0 Å². The molecule has 0 aliphatic carbocycles. The minimum atomic E-state index is -0.619. The Kier molecular flexibility index (Phi) is 11.6. The molecule has 0 aliphatic rings. The van der Waals surface area contributed by atoms with Crippen LogP contribution in [0.4, 0.5) is 0 Å². The van der Waals surface area contributed by atoms with Crippen molar-refractivity contribution < 1.29 is 29.1 Å². The van der Waals surface area contributed by atoms with Gasteiger partial charge < -0.3 is 0 Å². The van der Waals surface area contributed by atoms with Gasteiger partial charge in [-0.2, -0.15) is 9.78 Å². The lowest BCUT2D eigenvalue weighted by Gasteiger charge is -2.26. The molecular weight excluding hydrogens is 456 g/mol. The maximum atomic E-state index is 12.6. The predicted molar refractivity (Wildman–Crippen MR) is 140 cm³/mol. The molecule has 2 atom stereocenters. The van der Waals surface area contributed by atoms with E-state index in [0.29, 0.717) is 25.7 Å². The molecule has 36 heavy (non-hydrogen) atoms. The third kappa shape index (κ3) is 9.75. The number of hydrogen-bond acceptors (Lipinski definition) is 6. The van der Waals surface area contributed by atoms with Crippen LogP contribution in [0.1, 0.15) is 103 Å². The average molecular weight is 499 g/mol. The highest BCUT2D eigenvalue weighted by molar-refractivity contribution is 5.78. The quantitative estimate of drug-likeness (QED) is 0.144. The molecule has 0 aliphatic heterocycles. The van der Waals surface area contributed by atoms with Crippen molar-refractivity contribution in [3.63, 3.8) is 0 Å². The molecule has 2 rings (SSSR count). The summed E-state index contributed by atoms with van der Waals surface area (Å²) in [4.78, 5) is 46.7. The second kappa shape index (κ2) is 14.1. The topological polar surface area (TPSA) is 71.1 Å². The van der Waals surface area contributed by atoms with Crippen LogP contribution in [0.25, 0.3) is 0 Å². The maximum absolute atomic E-state index is 12.6. The molecule has 0 aromatic heterocycles. The first kappa shape index (κ1) is 29.5. The van der Waals surface area contributed by atoms with E-state index in [-0.39, 0.29) is 23.8 Å². The van der Waals surface area contributed by atoms with E-state index in [0.717, 1.165) is 24.0 Å². The van der Waals surface area contributed by atoms with Gasteiger partial charge in [-0.1, -0.05) is 87.4 Å². The molecule has 2 aromatic carbocycles. The van der Waals surface area contributed by atoms with Gasteiger partial charge >= 0.3 is 11.9 Å². The Labute approximate surface area is 216 Å². The second-order valence-electron chi connectivity index (χ2n) is 10.4. The van der Waals surface area contributed by atoms with Crippen LogP contribution in [0.3, 0.4) is 0 Å². The number of hydrogen-bond donors (Lipinski definition) is 0. The number of benzene rings is 2. The monoisotopic (exact) mass is 498 g/mol. The number of unbranched alkanes of at least 4 members (excludes halogenated alkanes) is 1. The van der Waals surface area contributed by atoms with Crippen molar-refractivity contribution in [3.05, 3.63) is 71.8 Å². The van der Waals surface area contributed by atoms with Crippen LogP contribution in [0.2, 0.25) is 0 Å². The zero-order valence-electron chi connectivity index (χ0n) is 22.6. The third-order valence-electron chi connectivity index (χ3n) is 6.30. The first-order valence-corrected chi connectivity index (χ1v) is 13.0. The molecule has 0 N–H and O–H groups in total. The van der Waals surface area contributed by atoms with Crippen molar-refractivity contribution in [1.29, 1.82) is 0 Å². The molecule has 6 nitrogen and oxygen atoms in total. The van der Waals surface area contributed by atoms with E-state index in [1.807, 2.05) is 102 Å². The molecule has 0 spiro atoms. The molecule has 0 saturated heterocycles. The molecule has 0 heterocycles. The largest absolute Gasteiger partial charge is 0.349 e. The number of rotatable bonds is 15. The summed E-state index contributed by atoms with van der Waals surface area (Å²) >= 11 is 0. The summed E-state index contributed by atoms with van der Waals surface area (Å²) in [5.74, 6) is -1.46. The van der Waals surface area contributed by atoms with Crippen molar-refractivity contribution >= 4 is 11.9 Å². The maximum Gasteiger partial charge on any atom is 0.349 e. The van der Waals surface area contributed by atoms with Crippen molar-refractivity contribution in [2.24, 2.45) is 0 Å². The van der Waals surface area contributed by atoms with Gasteiger partial charge in [-0.15, -0.1) is 0 Å². The molecule has 0 radical (unpaired) electrons. The van der Waals surface area contributed by atoms with E-state index in [4.69, 9.17) is 19.6 Å². The lowest BCUT2D eigenvalue weighted by Crippen LogP contribution is -2.29. The van der Waals surface area contributed by atoms with Gasteiger partial charge in [0, 0.05) is 0 Å². The molecule has 6 heteroatoms.